The highest BCUT2D eigenvalue weighted by molar-refractivity contribution is 7.82. The Morgan fingerprint density at radius 2 is 2.08 bits per heavy atom. The van der Waals surface area contributed by atoms with Crippen LogP contribution in [0.1, 0.15) is 5.30 Å². The van der Waals surface area contributed by atoms with E-state index >= 15 is 0 Å². The smallest absolute Gasteiger partial charge is 0.0164 e. The standard InChI is InChI=1S/C10H8ClP/c1-2-9-7-8-5-3-4-6-10(8)12(9)11/h2-7H,1H2. The summed E-state index contributed by atoms with van der Waals surface area (Å²) in [5.74, 6) is 0. The fourth-order valence-corrected chi connectivity index (χ4v) is 3.37. The zero-order valence-corrected chi connectivity index (χ0v) is 8.15. The Balaban J connectivity index is 2.87. The first-order valence-electron chi connectivity index (χ1n) is 3.72. The Hall–Kier alpha value is -0.710. The van der Waals surface area contributed by atoms with Crippen LogP contribution in [-0.4, -0.2) is 0 Å². The minimum absolute atomic E-state index is 0.629. The number of benzene rings is 1. The summed E-state index contributed by atoms with van der Waals surface area (Å²) < 4.78 is 0. The summed E-state index contributed by atoms with van der Waals surface area (Å²) in [5.41, 5.74) is 0. The average molecular weight is 195 g/mol. The molecule has 12 heavy (non-hydrogen) atoms. The predicted molar refractivity (Wildman–Crippen MR) is 58.0 cm³/mol. The molecule has 1 heterocycles. The van der Waals surface area contributed by atoms with Crippen LogP contribution in [0.25, 0.3) is 16.6 Å². The van der Waals surface area contributed by atoms with Crippen LogP contribution in [0.5, 0.6) is 0 Å². The number of hydrogen-bond acceptors (Lipinski definition) is 0. The van der Waals surface area contributed by atoms with E-state index in [4.69, 9.17) is 11.2 Å². The molecule has 0 nitrogen and oxygen atoms in total. The average Bonchev–Trinajstić information content (AvgIpc) is 2.44. The normalized spacial score (nSPS) is 11.9. The van der Waals surface area contributed by atoms with Gasteiger partial charge in [-0.25, -0.2) is 0 Å². The maximum atomic E-state index is 6.23. The topological polar surface area (TPSA) is 0 Å². The first-order chi connectivity index (χ1) is 5.83. The third-order valence-electron chi connectivity index (χ3n) is 1.89. The van der Waals surface area contributed by atoms with Crippen molar-refractivity contribution < 1.29 is 0 Å². The highest BCUT2D eigenvalue weighted by atomic mass is 35.7. The van der Waals surface area contributed by atoms with Gasteiger partial charge in [0, 0.05) is 10.4 Å². The fourth-order valence-electron chi connectivity index (χ4n) is 1.28. The second-order valence-corrected chi connectivity index (χ2v) is 5.19. The number of hydrogen-bond donors (Lipinski definition) is 0. The largest absolute Gasteiger partial charge is 0.0981 e. The molecule has 1 unspecified atom stereocenters. The maximum absolute atomic E-state index is 6.23. The molecule has 0 N–H and O–H groups in total. The molecule has 0 radical (unpaired) electrons. The fraction of sp³-hybridized carbons (Fsp3) is 0. The van der Waals surface area contributed by atoms with Crippen molar-refractivity contribution in [1.82, 2.24) is 0 Å². The van der Waals surface area contributed by atoms with Crippen LogP contribution in [0, 0.1) is 0 Å². The molecule has 0 fully saturated rings. The van der Waals surface area contributed by atoms with E-state index in [-0.39, 0.29) is 0 Å². The molecule has 1 atom stereocenters. The summed E-state index contributed by atoms with van der Waals surface area (Å²) in [6.07, 6.45) is 1.85. The minimum atomic E-state index is -0.629. The van der Waals surface area contributed by atoms with E-state index in [1.54, 1.807) is 0 Å². The zero-order chi connectivity index (χ0) is 8.55. The number of fused-ring (bicyclic) bond motifs is 1. The van der Waals surface area contributed by atoms with Gasteiger partial charge in [0.2, 0.25) is 0 Å². The van der Waals surface area contributed by atoms with Crippen LogP contribution in [0.15, 0.2) is 36.9 Å². The van der Waals surface area contributed by atoms with Gasteiger partial charge in [-0.1, -0.05) is 42.1 Å². The molecule has 0 saturated carbocycles. The van der Waals surface area contributed by atoms with Crippen LogP contribution in [0.2, 0.25) is 0 Å². The Bertz CT molecular complexity index is 428. The molecule has 0 saturated heterocycles. The Kier molecular flexibility index (Phi) is 1.96. The van der Waals surface area contributed by atoms with Crippen molar-refractivity contribution in [3.63, 3.8) is 0 Å². The molecule has 0 amide bonds. The van der Waals surface area contributed by atoms with Gasteiger partial charge < -0.3 is 0 Å². The van der Waals surface area contributed by atoms with Crippen LogP contribution < -0.4 is 0 Å². The molecular weight excluding hydrogens is 187 g/mol. The molecule has 0 aliphatic heterocycles. The van der Waals surface area contributed by atoms with Crippen LogP contribution in [-0.2, 0) is 0 Å². The van der Waals surface area contributed by atoms with Crippen molar-refractivity contribution >= 4 is 34.7 Å². The van der Waals surface area contributed by atoms with Gasteiger partial charge in [0.1, 0.15) is 0 Å². The maximum Gasteiger partial charge on any atom is 0.0164 e. The zero-order valence-electron chi connectivity index (χ0n) is 6.50. The van der Waals surface area contributed by atoms with Gasteiger partial charge in [-0.2, -0.15) is 0 Å². The van der Waals surface area contributed by atoms with Crippen LogP contribution >= 0.6 is 18.1 Å². The summed E-state index contributed by atoms with van der Waals surface area (Å²) in [6, 6.07) is 10.3. The summed E-state index contributed by atoms with van der Waals surface area (Å²) >= 11 is 6.23. The van der Waals surface area contributed by atoms with Crippen LogP contribution in [0.3, 0.4) is 0 Å². The first kappa shape index (κ1) is 7.91. The first-order valence-corrected chi connectivity index (χ1v) is 5.96. The van der Waals surface area contributed by atoms with Gasteiger partial charge in [0.15, 0.2) is 0 Å². The molecule has 0 bridgehead atoms. The van der Waals surface area contributed by atoms with Crippen molar-refractivity contribution in [2.45, 2.75) is 0 Å². The van der Waals surface area contributed by atoms with E-state index < -0.39 is 6.89 Å². The molecule has 1 aromatic carbocycles. The summed E-state index contributed by atoms with van der Waals surface area (Å²) in [7, 11) is 0. The predicted octanol–water partition coefficient (Wildman–Crippen LogP) is 4.47. The quantitative estimate of drug-likeness (QED) is 0.628. The van der Waals surface area contributed by atoms with Crippen molar-refractivity contribution in [1.29, 1.82) is 0 Å². The Labute approximate surface area is 77.3 Å². The Morgan fingerprint density at radius 3 is 2.75 bits per heavy atom. The van der Waals surface area contributed by atoms with Gasteiger partial charge in [-0.3, -0.25) is 0 Å². The lowest BCUT2D eigenvalue weighted by Crippen LogP contribution is -1.56. The van der Waals surface area contributed by atoms with E-state index in [0.29, 0.717) is 0 Å². The third kappa shape index (κ3) is 1.08. The molecule has 2 heteroatoms. The second kappa shape index (κ2) is 2.97. The lowest BCUT2D eigenvalue weighted by Gasteiger charge is -1.89. The minimum Gasteiger partial charge on any atom is -0.0981 e. The summed E-state index contributed by atoms with van der Waals surface area (Å²) in [5, 5.41) is 3.66. The SMILES string of the molecule is C=Cc1cc2ccccc2p1Cl. The number of halogens is 1. The lowest BCUT2D eigenvalue weighted by molar-refractivity contribution is 1.85. The van der Waals surface area contributed by atoms with E-state index in [2.05, 4.69) is 24.8 Å². The van der Waals surface area contributed by atoms with Gasteiger partial charge in [0.05, 0.1) is 0 Å². The van der Waals surface area contributed by atoms with Gasteiger partial charge in [-0.15, -0.1) is 0 Å². The number of rotatable bonds is 1. The molecule has 2 aromatic rings. The van der Waals surface area contributed by atoms with Crippen LogP contribution in [0.4, 0.5) is 0 Å². The van der Waals surface area contributed by atoms with Crippen molar-refractivity contribution in [2.75, 3.05) is 0 Å². The summed E-state index contributed by atoms with van der Waals surface area (Å²) in [4.78, 5) is 0. The van der Waals surface area contributed by atoms with Gasteiger partial charge >= 0.3 is 0 Å². The monoisotopic (exact) mass is 194 g/mol. The van der Waals surface area contributed by atoms with E-state index in [1.807, 2.05) is 18.2 Å². The van der Waals surface area contributed by atoms with Crippen molar-refractivity contribution in [3.05, 3.63) is 42.2 Å². The molecule has 0 aliphatic carbocycles. The second-order valence-electron chi connectivity index (χ2n) is 2.61. The molecule has 2 rings (SSSR count). The lowest BCUT2D eigenvalue weighted by atomic mass is 10.2. The molecule has 0 spiro atoms. The van der Waals surface area contributed by atoms with Gasteiger partial charge in [-0.05, 0) is 24.4 Å². The molecule has 60 valence electrons. The Morgan fingerprint density at radius 1 is 1.33 bits per heavy atom. The highest BCUT2D eigenvalue weighted by Gasteiger charge is 2.03. The van der Waals surface area contributed by atoms with Gasteiger partial charge in [0.25, 0.3) is 0 Å². The molecular formula is C10H8ClP. The highest BCUT2D eigenvalue weighted by Crippen LogP contribution is 2.47. The van der Waals surface area contributed by atoms with E-state index in [9.17, 15) is 0 Å². The van der Waals surface area contributed by atoms with E-state index in [0.717, 1.165) is 5.30 Å². The molecule has 0 aliphatic rings. The van der Waals surface area contributed by atoms with Crippen molar-refractivity contribution in [2.24, 2.45) is 0 Å². The summed E-state index contributed by atoms with van der Waals surface area (Å²) in [6.45, 7) is 3.11. The van der Waals surface area contributed by atoms with E-state index in [1.165, 1.54) is 10.5 Å². The molecule has 1 aromatic heterocycles. The van der Waals surface area contributed by atoms with Crippen molar-refractivity contribution in [3.8, 4) is 0 Å². The third-order valence-corrected chi connectivity index (χ3v) is 4.61.